The number of benzene rings is 4. The number of nitrogens with one attached hydrogen (secondary N) is 1. The van der Waals surface area contributed by atoms with E-state index in [0.29, 0.717) is 19.4 Å². The number of thiazole rings is 2. The molecule has 0 spiro atoms. The van der Waals surface area contributed by atoms with Gasteiger partial charge in [-0.3, -0.25) is 14.4 Å². The third-order valence-corrected chi connectivity index (χ3v) is 12.9. The third kappa shape index (κ3) is 8.02. The van der Waals surface area contributed by atoms with Crippen molar-refractivity contribution < 1.29 is 14.4 Å². The van der Waals surface area contributed by atoms with Crippen molar-refractivity contribution in [2.24, 2.45) is 0 Å². The standard InChI is InChI=1S/C45H43N5O3S2/c1-2-40(51)48-42(35-13-7-4-8-14-35)45(53)50-26-10-16-37(50)44-47-29-39(55-44)34-23-19-32(20-24-34)31-17-21-33(22-18-31)38-28-46-43(54-38)36-15-9-25-49(36)41(52)27-30-11-5-3-6-12-30/h3-8,11-14,17-24,28-29,36-37,42H,2,9-10,15-16,25-27H2,1H3,(H,48,51)/t36-,37-,42-/m0/s1. The average Bonchev–Trinajstić information content (AvgIpc) is 4.08. The first-order valence-electron chi connectivity index (χ1n) is 19.1. The lowest BCUT2D eigenvalue weighted by Gasteiger charge is -2.28. The number of hydrogen-bond donors (Lipinski definition) is 1. The molecule has 8 nitrogen and oxygen atoms in total. The highest BCUT2D eigenvalue weighted by Crippen LogP contribution is 2.40. The summed E-state index contributed by atoms with van der Waals surface area (Å²) in [6.45, 7) is 3.21. The second-order valence-corrected chi connectivity index (χ2v) is 16.3. The highest BCUT2D eigenvalue weighted by atomic mass is 32.1. The van der Waals surface area contributed by atoms with Crippen LogP contribution in [0.5, 0.6) is 0 Å². The van der Waals surface area contributed by atoms with Crippen LogP contribution < -0.4 is 5.32 Å². The van der Waals surface area contributed by atoms with Crippen LogP contribution in [0.15, 0.2) is 122 Å². The van der Waals surface area contributed by atoms with E-state index >= 15 is 0 Å². The summed E-state index contributed by atoms with van der Waals surface area (Å²) in [7, 11) is 0. The molecule has 0 aliphatic carbocycles. The Morgan fingerprint density at radius 3 is 1.71 bits per heavy atom. The molecule has 4 aromatic carbocycles. The number of amides is 3. The van der Waals surface area contributed by atoms with E-state index in [4.69, 9.17) is 9.97 Å². The Balaban J connectivity index is 0.921. The predicted octanol–water partition coefficient (Wildman–Crippen LogP) is 9.44. The molecule has 0 bridgehead atoms. The van der Waals surface area contributed by atoms with Gasteiger partial charge in [-0.15, -0.1) is 22.7 Å². The van der Waals surface area contributed by atoms with Crippen molar-refractivity contribution in [3.05, 3.63) is 143 Å². The van der Waals surface area contributed by atoms with Gasteiger partial charge in [0.2, 0.25) is 17.7 Å². The van der Waals surface area contributed by atoms with E-state index in [2.05, 4.69) is 53.8 Å². The summed E-state index contributed by atoms with van der Waals surface area (Å²) >= 11 is 3.31. The van der Waals surface area contributed by atoms with E-state index in [-0.39, 0.29) is 29.8 Å². The Morgan fingerprint density at radius 2 is 1.16 bits per heavy atom. The monoisotopic (exact) mass is 765 g/mol. The highest BCUT2D eigenvalue weighted by molar-refractivity contribution is 7.15. The highest BCUT2D eigenvalue weighted by Gasteiger charge is 2.37. The molecule has 3 atom stereocenters. The number of rotatable bonds is 11. The molecule has 10 heteroatoms. The van der Waals surface area contributed by atoms with Crippen LogP contribution in [0.3, 0.4) is 0 Å². The van der Waals surface area contributed by atoms with Gasteiger partial charge in [-0.25, -0.2) is 9.97 Å². The van der Waals surface area contributed by atoms with Gasteiger partial charge in [0.15, 0.2) is 0 Å². The summed E-state index contributed by atoms with van der Waals surface area (Å²) in [4.78, 5) is 55.2. The summed E-state index contributed by atoms with van der Waals surface area (Å²) in [6, 6.07) is 35.8. The second kappa shape index (κ2) is 16.5. The first kappa shape index (κ1) is 36.5. The van der Waals surface area contributed by atoms with Gasteiger partial charge in [-0.1, -0.05) is 116 Å². The fourth-order valence-corrected chi connectivity index (χ4v) is 9.79. The topological polar surface area (TPSA) is 95.5 Å². The fourth-order valence-electron chi connectivity index (χ4n) is 7.65. The van der Waals surface area contributed by atoms with Crippen molar-refractivity contribution in [1.82, 2.24) is 25.1 Å². The van der Waals surface area contributed by atoms with Gasteiger partial charge < -0.3 is 15.1 Å². The largest absolute Gasteiger partial charge is 0.341 e. The van der Waals surface area contributed by atoms with E-state index < -0.39 is 6.04 Å². The lowest BCUT2D eigenvalue weighted by atomic mass is 10.0. The van der Waals surface area contributed by atoms with Gasteiger partial charge in [0.05, 0.1) is 28.3 Å². The molecule has 8 rings (SSSR count). The van der Waals surface area contributed by atoms with E-state index in [1.807, 2.05) is 82.9 Å². The molecule has 2 saturated heterocycles. The lowest BCUT2D eigenvalue weighted by Crippen LogP contribution is -2.42. The molecule has 2 aromatic heterocycles. The predicted molar refractivity (Wildman–Crippen MR) is 219 cm³/mol. The molecule has 3 amide bonds. The van der Waals surface area contributed by atoms with Gasteiger partial charge in [-0.2, -0.15) is 0 Å². The van der Waals surface area contributed by atoms with Crippen molar-refractivity contribution in [2.45, 2.75) is 63.6 Å². The van der Waals surface area contributed by atoms with Gasteiger partial charge in [0.25, 0.3) is 0 Å². The van der Waals surface area contributed by atoms with Crippen molar-refractivity contribution in [3.8, 4) is 32.0 Å². The zero-order valence-electron chi connectivity index (χ0n) is 30.8. The molecular weight excluding hydrogens is 723 g/mol. The fraction of sp³-hybridized carbons (Fsp3) is 0.267. The molecule has 0 unspecified atom stereocenters. The smallest absolute Gasteiger partial charge is 0.250 e. The summed E-state index contributed by atoms with van der Waals surface area (Å²) in [5, 5.41) is 4.87. The van der Waals surface area contributed by atoms with E-state index in [1.54, 1.807) is 29.6 Å². The first-order valence-corrected chi connectivity index (χ1v) is 20.7. The lowest BCUT2D eigenvalue weighted by molar-refractivity contribution is -0.137. The Hall–Kier alpha value is -5.45. The molecule has 4 heterocycles. The molecule has 2 aliphatic rings. The number of hydrogen-bond acceptors (Lipinski definition) is 7. The summed E-state index contributed by atoms with van der Waals surface area (Å²) in [5.41, 5.74) is 6.27. The van der Waals surface area contributed by atoms with Crippen molar-refractivity contribution >= 4 is 40.4 Å². The van der Waals surface area contributed by atoms with E-state index in [9.17, 15) is 14.4 Å². The number of aromatic nitrogens is 2. The van der Waals surface area contributed by atoms with Gasteiger partial charge in [-0.05, 0) is 59.1 Å². The average molecular weight is 766 g/mol. The molecule has 55 heavy (non-hydrogen) atoms. The zero-order valence-corrected chi connectivity index (χ0v) is 32.4. The first-order chi connectivity index (χ1) is 26.9. The normalized spacial score (nSPS) is 17.3. The minimum absolute atomic E-state index is 0.0359. The van der Waals surface area contributed by atoms with Crippen molar-refractivity contribution in [2.75, 3.05) is 13.1 Å². The summed E-state index contributed by atoms with van der Waals surface area (Å²) < 4.78 is 0. The molecule has 2 aliphatic heterocycles. The molecule has 0 saturated carbocycles. The third-order valence-electron chi connectivity index (χ3n) is 10.6. The minimum Gasteiger partial charge on any atom is -0.341 e. The van der Waals surface area contributed by atoms with Crippen LogP contribution in [0.25, 0.3) is 32.0 Å². The quantitative estimate of drug-likeness (QED) is 0.142. The summed E-state index contributed by atoms with van der Waals surface area (Å²) in [5.74, 6) is -0.0789. The number of carbonyl (C=O) groups excluding carboxylic acids is 3. The Morgan fingerprint density at radius 1 is 0.673 bits per heavy atom. The maximum Gasteiger partial charge on any atom is 0.250 e. The molecule has 1 N–H and O–H groups in total. The van der Waals surface area contributed by atoms with E-state index in [0.717, 1.165) is 85.4 Å². The van der Waals surface area contributed by atoms with Gasteiger partial charge in [0.1, 0.15) is 16.1 Å². The Labute approximate surface area is 329 Å². The van der Waals surface area contributed by atoms with Crippen LogP contribution in [-0.4, -0.2) is 50.6 Å². The Kier molecular flexibility index (Phi) is 11.0. The van der Waals surface area contributed by atoms with Crippen molar-refractivity contribution in [3.63, 3.8) is 0 Å². The van der Waals surface area contributed by atoms with E-state index in [1.165, 1.54) is 0 Å². The Bertz CT molecular complexity index is 2250. The van der Waals surface area contributed by atoms with Gasteiger partial charge >= 0.3 is 0 Å². The second-order valence-electron chi connectivity index (χ2n) is 14.1. The maximum atomic E-state index is 13.9. The zero-order chi connectivity index (χ0) is 37.7. The molecule has 6 aromatic rings. The summed E-state index contributed by atoms with van der Waals surface area (Å²) in [6.07, 6.45) is 8.25. The SMILES string of the molecule is CCC(=O)N[C@H](C(=O)N1CCC[C@H]1c1ncc(-c2ccc(-c3ccc(-c4cnc([C@@H]5CCCN5C(=O)Cc5ccccc5)s4)cc3)cc2)s1)c1ccccc1. The molecule has 2 fully saturated rings. The molecule has 278 valence electrons. The maximum absolute atomic E-state index is 13.9. The number of carbonyl (C=O) groups is 3. The minimum atomic E-state index is -0.722. The molecular formula is C45H43N5O3S2. The number of nitrogens with zero attached hydrogens (tertiary/aromatic N) is 4. The van der Waals surface area contributed by atoms with Crippen LogP contribution in [-0.2, 0) is 20.8 Å². The molecule has 0 radical (unpaired) electrons. The number of likely N-dealkylation sites (tertiary alicyclic amines) is 2. The van der Waals surface area contributed by atoms with Crippen LogP contribution in [0.2, 0.25) is 0 Å². The van der Waals surface area contributed by atoms with Crippen LogP contribution >= 0.6 is 22.7 Å². The van der Waals surface area contributed by atoms with Crippen molar-refractivity contribution in [1.29, 1.82) is 0 Å². The van der Waals surface area contributed by atoms with Crippen LogP contribution in [0, 0.1) is 0 Å². The van der Waals surface area contributed by atoms with Crippen LogP contribution in [0.1, 0.15) is 78.3 Å². The van der Waals surface area contributed by atoms with Gasteiger partial charge in [0, 0.05) is 31.9 Å². The van der Waals surface area contributed by atoms with Crippen LogP contribution in [0.4, 0.5) is 0 Å².